The standard InChI is InChI=1S/C28H30N6O3S/c1-2-26(35)33-11-3-4-20(33)16-34-22-8-7-19(14-29-13-18-5-6-18)12-21(22)31-28(34)32-27(36)25-10-9-24(38-25)23-15-30-17-37-23/h2,7-10,12,15,17-18,20,29H,1,3-6,11,13-14,16H2,(H,31,32,36)/t20-/m1/s1. The quantitative estimate of drug-likeness (QED) is 0.289. The van der Waals surface area contributed by atoms with E-state index in [1.807, 2.05) is 15.5 Å². The first kappa shape index (κ1) is 24.6. The van der Waals surface area contributed by atoms with Crippen LogP contribution in [0, 0.1) is 5.92 Å². The van der Waals surface area contributed by atoms with Crippen molar-refractivity contribution in [3.63, 3.8) is 0 Å². The number of hydrogen-bond donors (Lipinski definition) is 2. The van der Waals surface area contributed by atoms with Crippen LogP contribution >= 0.6 is 11.3 Å². The predicted molar refractivity (Wildman–Crippen MR) is 147 cm³/mol. The minimum absolute atomic E-state index is 0.00762. The van der Waals surface area contributed by atoms with Crippen LogP contribution in [0.3, 0.4) is 0 Å². The Labute approximate surface area is 224 Å². The van der Waals surface area contributed by atoms with E-state index in [0.29, 0.717) is 29.7 Å². The van der Waals surface area contributed by atoms with Gasteiger partial charge >= 0.3 is 0 Å². The molecule has 9 nitrogen and oxygen atoms in total. The molecule has 1 saturated heterocycles. The normalized spacial score (nSPS) is 17.3. The van der Waals surface area contributed by atoms with E-state index >= 15 is 0 Å². The number of fused-ring (bicyclic) bond motifs is 1. The maximum atomic E-state index is 13.3. The monoisotopic (exact) mass is 530 g/mol. The molecule has 4 aromatic rings. The Morgan fingerprint density at radius 3 is 2.89 bits per heavy atom. The summed E-state index contributed by atoms with van der Waals surface area (Å²) in [5.74, 6) is 1.60. The molecule has 0 unspecified atom stereocenters. The fraction of sp³-hybridized carbons (Fsp3) is 0.357. The fourth-order valence-corrected chi connectivity index (χ4v) is 5.90. The number of imidazole rings is 1. The van der Waals surface area contributed by atoms with Crippen LogP contribution in [0.5, 0.6) is 0 Å². The summed E-state index contributed by atoms with van der Waals surface area (Å²) in [6, 6.07) is 9.88. The van der Waals surface area contributed by atoms with Gasteiger partial charge in [-0.05, 0) is 74.1 Å². The maximum Gasteiger partial charge on any atom is 0.268 e. The van der Waals surface area contributed by atoms with Crippen molar-refractivity contribution in [2.24, 2.45) is 5.92 Å². The highest BCUT2D eigenvalue weighted by molar-refractivity contribution is 7.17. The van der Waals surface area contributed by atoms with Gasteiger partial charge in [0, 0.05) is 19.6 Å². The summed E-state index contributed by atoms with van der Waals surface area (Å²) in [7, 11) is 0. The van der Waals surface area contributed by atoms with E-state index in [4.69, 9.17) is 9.40 Å². The van der Waals surface area contributed by atoms with Crippen LogP contribution in [0.25, 0.3) is 21.7 Å². The number of aromatic nitrogens is 3. The number of thiophene rings is 1. The predicted octanol–water partition coefficient (Wildman–Crippen LogP) is 4.68. The minimum Gasteiger partial charge on any atom is -0.443 e. The molecule has 1 aliphatic heterocycles. The second-order valence-corrected chi connectivity index (χ2v) is 11.0. The van der Waals surface area contributed by atoms with Gasteiger partial charge in [-0.25, -0.2) is 9.97 Å². The Bertz CT molecular complexity index is 1470. The van der Waals surface area contributed by atoms with E-state index in [2.05, 4.69) is 40.4 Å². The molecule has 0 spiro atoms. The molecule has 0 radical (unpaired) electrons. The highest BCUT2D eigenvalue weighted by atomic mass is 32.1. The first-order chi connectivity index (χ1) is 18.6. The Morgan fingerprint density at radius 2 is 2.11 bits per heavy atom. The summed E-state index contributed by atoms with van der Waals surface area (Å²) in [6.45, 7) is 6.74. The van der Waals surface area contributed by atoms with Gasteiger partial charge in [0.05, 0.1) is 33.0 Å². The Kier molecular flexibility index (Phi) is 6.82. The molecule has 0 bridgehead atoms. The molecule has 2 amide bonds. The smallest absolute Gasteiger partial charge is 0.268 e. The third-order valence-electron chi connectivity index (χ3n) is 7.23. The van der Waals surface area contributed by atoms with Crippen LogP contribution in [0.15, 0.2) is 60.0 Å². The number of rotatable bonds is 10. The highest BCUT2D eigenvalue weighted by Gasteiger charge is 2.29. The van der Waals surface area contributed by atoms with E-state index in [1.54, 1.807) is 12.3 Å². The lowest BCUT2D eigenvalue weighted by molar-refractivity contribution is -0.126. The largest absolute Gasteiger partial charge is 0.443 e. The van der Waals surface area contributed by atoms with E-state index in [1.165, 1.54) is 36.6 Å². The lowest BCUT2D eigenvalue weighted by Gasteiger charge is -2.24. The van der Waals surface area contributed by atoms with Crippen molar-refractivity contribution in [1.82, 2.24) is 24.8 Å². The molecule has 6 rings (SSSR count). The molecule has 38 heavy (non-hydrogen) atoms. The summed E-state index contributed by atoms with van der Waals surface area (Å²) >= 11 is 1.33. The van der Waals surface area contributed by atoms with Gasteiger partial charge in [0.2, 0.25) is 11.9 Å². The number of carbonyl (C=O) groups excluding carboxylic acids is 2. The second kappa shape index (κ2) is 10.5. The lowest BCUT2D eigenvalue weighted by atomic mass is 10.2. The van der Waals surface area contributed by atoms with Crippen LogP contribution in [-0.2, 0) is 17.9 Å². The number of oxazole rings is 1. The third kappa shape index (κ3) is 5.14. The van der Waals surface area contributed by atoms with Crippen molar-refractivity contribution >= 4 is 40.1 Å². The van der Waals surface area contributed by atoms with Gasteiger partial charge in [0.1, 0.15) is 0 Å². The molecule has 1 atom stereocenters. The average molecular weight is 531 g/mol. The van der Waals surface area contributed by atoms with Gasteiger partial charge in [-0.2, -0.15) is 0 Å². The molecule has 1 aromatic carbocycles. The minimum atomic E-state index is -0.242. The summed E-state index contributed by atoms with van der Waals surface area (Å²) in [6.07, 6.45) is 8.83. The Morgan fingerprint density at radius 1 is 1.21 bits per heavy atom. The van der Waals surface area contributed by atoms with Gasteiger partial charge in [0.25, 0.3) is 5.91 Å². The van der Waals surface area contributed by atoms with E-state index in [-0.39, 0.29) is 17.9 Å². The molecule has 2 fully saturated rings. The average Bonchev–Trinajstić information content (AvgIpc) is 3.38. The zero-order chi connectivity index (χ0) is 26.1. The molecule has 4 heterocycles. The van der Waals surface area contributed by atoms with Gasteiger partial charge in [-0.3, -0.25) is 14.9 Å². The number of nitrogens with one attached hydrogen (secondary N) is 2. The number of anilines is 1. The van der Waals surface area contributed by atoms with Crippen molar-refractivity contribution in [2.45, 2.75) is 44.8 Å². The first-order valence-electron chi connectivity index (χ1n) is 13.0. The number of likely N-dealkylation sites (tertiary alicyclic amines) is 1. The first-order valence-corrected chi connectivity index (χ1v) is 13.8. The molecule has 3 aromatic heterocycles. The topological polar surface area (TPSA) is 105 Å². The van der Waals surface area contributed by atoms with Crippen molar-refractivity contribution in [2.75, 3.05) is 18.4 Å². The molecule has 2 N–H and O–H groups in total. The molecular formula is C28H30N6O3S. The Balaban J connectivity index is 1.28. The van der Waals surface area contributed by atoms with Crippen LogP contribution < -0.4 is 10.6 Å². The number of benzene rings is 1. The number of carbonyl (C=O) groups is 2. The summed E-state index contributed by atoms with van der Waals surface area (Å²) in [5.41, 5.74) is 2.90. The van der Waals surface area contributed by atoms with Gasteiger partial charge in [-0.15, -0.1) is 11.3 Å². The lowest BCUT2D eigenvalue weighted by Crippen LogP contribution is -2.37. The van der Waals surface area contributed by atoms with Crippen molar-refractivity contribution in [3.05, 3.63) is 66.0 Å². The maximum absolute atomic E-state index is 13.3. The molecular weight excluding hydrogens is 500 g/mol. The number of hydrogen-bond acceptors (Lipinski definition) is 7. The molecule has 1 saturated carbocycles. The molecule has 2 aliphatic rings. The SMILES string of the molecule is C=CC(=O)N1CCC[C@@H]1Cn1c(NC(=O)c2ccc(-c3cnco3)s2)nc2cc(CNCC3CC3)ccc21. The molecule has 1 aliphatic carbocycles. The second-order valence-electron chi connectivity index (χ2n) is 9.96. The Hall–Kier alpha value is -3.76. The van der Waals surface area contributed by atoms with Gasteiger partial charge in [-0.1, -0.05) is 12.6 Å². The van der Waals surface area contributed by atoms with Gasteiger partial charge in [0.15, 0.2) is 12.2 Å². The van der Waals surface area contributed by atoms with Crippen LogP contribution in [0.2, 0.25) is 0 Å². The highest BCUT2D eigenvalue weighted by Crippen LogP contribution is 2.30. The van der Waals surface area contributed by atoms with Crippen LogP contribution in [0.1, 0.15) is 40.9 Å². The van der Waals surface area contributed by atoms with Crippen LogP contribution in [0.4, 0.5) is 5.95 Å². The van der Waals surface area contributed by atoms with Crippen molar-refractivity contribution in [3.8, 4) is 10.6 Å². The summed E-state index contributed by atoms with van der Waals surface area (Å²) in [4.78, 5) is 37.8. The summed E-state index contributed by atoms with van der Waals surface area (Å²) in [5, 5.41) is 6.56. The van der Waals surface area contributed by atoms with Crippen molar-refractivity contribution < 1.29 is 14.0 Å². The number of amides is 2. The van der Waals surface area contributed by atoms with Crippen LogP contribution in [-0.4, -0.2) is 50.4 Å². The zero-order valence-electron chi connectivity index (χ0n) is 21.1. The third-order valence-corrected chi connectivity index (χ3v) is 8.33. The fourth-order valence-electron chi connectivity index (χ4n) is 5.04. The molecule has 196 valence electrons. The van der Waals surface area contributed by atoms with Crippen molar-refractivity contribution in [1.29, 1.82) is 0 Å². The van der Waals surface area contributed by atoms with E-state index in [9.17, 15) is 9.59 Å². The van der Waals surface area contributed by atoms with E-state index in [0.717, 1.165) is 53.3 Å². The van der Waals surface area contributed by atoms with Gasteiger partial charge < -0.3 is 19.2 Å². The zero-order valence-corrected chi connectivity index (χ0v) is 21.9. The number of nitrogens with zero attached hydrogens (tertiary/aromatic N) is 4. The summed E-state index contributed by atoms with van der Waals surface area (Å²) < 4.78 is 7.39. The van der Waals surface area contributed by atoms with E-state index < -0.39 is 0 Å². The molecule has 10 heteroatoms.